The lowest BCUT2D eigenvalue weighted by atomic mass is 9.98. The van der Waals surface area contributed by atoms with Gasteiger partial charge in [0, 0.05) is 6.20 Å². The Hall–Kier alpha value is -2.84. The fourth-order valence-electron chi connectivity index (χ4n) is 2.44. The fourth-order valence-corrected chi connectivity index (χ4v) is 2.44. The predicted molar refractivity (Wildman–Crippen MR) is 81.1 cm³/mol. The number of rotatable bonds is 6. The summed E-state index contributed by atoms with van der Waals surface area (Å²) in [4.78, 5) is 12.6. The van der Waals surface area contributed by atoms with E-state index in [1.165, 1.54) is 11.0 Å². The van der Waals surface area contributed by atoms with Crippen LogP contribution in [0.5, 0.6) is 0 Å². The van der Waals surface area contributed by atoms with E-state index < -0.39 is 6.04 Å². The van der Waals surface area contributed by atoms with Crippen molar-refractivity contribution in [2.45, 2.75) is 32.9 Å². The molecule has 0 aliphatic rings. The van der Waals surface area contributed by atoms with Gasteiger partial charge in [-0.05, 0) is 28.5 Å². The molecule has 0 unspecified atom stereocenters. The summed E-state index contributed by atoms with van der Waals surface area (Å²) in [6.45, 7) is 4.32. The number of hydrogen-bond donors (Lipinski definition) is 1. The van der Waals surface area contributed by atoms with Crippen LogP contribution in [0.2, 0.25) is 0 Å². The van der Waals surface area contributed by atoms with E-state index in [-0.39, 0.29) is 11.8 Å². The van der Waals surface area contributed by atoms with Crippen molar-refractivity contribution in [3.05, 3.63) is 36.5 Å². The van der Waals surface area contributed by atoms with E-state index in [0.717, 1.165) is 12.1 Å². The minimum Gasteiger partial charge on any atom is -0.347 e. The zero-order valence-electron chi connectivity index (χ0n) is 13.0. The lowest BCUT2D eigenvalue weighted by Crippen LogP contribution is -2.36. The first-order valence-electron chi connectivity index (χ1n) is 7.49. The molecule has 0 saturated heterocycles. The largest absolute Gasteiger partial charge is 0.347 e. The average molecular weight is 314 g/mol. The molecule has 9 heteroatoms. The second kappa shape index (κ2) is 6.51. The van der Waals surface area contributed by atoms with E-state index in [1.807, 2.05) is 42.6 Å². The number of amides is 1. The van der Waals surface area contributed by atoms with Crippen LogP contribution in [-0.2, 0) is 11.3 Å². The molecular formula is C14H18N8O. The van der Waals surface area contributed by atoms with Crippen molar-refractivity contribution in [3.63, 3.8) is 0 Å². The third kappa shape index (κ3) is 3.03. The highest BCUT2D eigenvalue weighted by atomic mass is 16.2. The van der Waals surface area contributed by atoms with Gasteiger partial charge >= 0.3 is 0 Å². The van der Waals surface area contributed by atoms with Crippen LogP contribution in [0, 0.1) is 5.92 Å². The maximum absolute atomic E-state index is 12.6. The Morgan fingerprint density at radius 3 is 2.96 bits per heavy atom. The van der Waals surface area contributed by atoms with Crippen molar-refractivity contribution in [1.29, 1.82) is 0 Å². The Bertz CT molecular complexity index is 781. The van der Waals surface area contributed by atoms with Gasteiger partial charge in [-0.15, -0.1) is 15.3 Å². The van der Waals surface area contributed by atoms with Crippen molar-refractivity contribution in [2.24, 2.45) is 5.92 Å². The van der Waals surface area contributed by atoms with E-state index in [0.29, 0.717) is 12.4 Å². The highest BCUT2D eigenvalue weighted by Crippen LogP contribution is 2.19. The molecule has 120 valence electrons. The summed E-state index contributed by atoms with van der Waals surface area (Å²) in [5.41, 5.74) is 0.746. The zero-order valence-corrected chi connectivity index (χ0v) is 13.0. The molecule has 2 atom stereocenters. The number of nitrogens with zero attached hydrogens (tertiary/aromatic N) is 7. The Balaban J connectivity index is 1.74. The van der Waals surface area contributed by atoms with Gasteiger partial charge in [0.25, 0.3) is 0 Å². The van der Waals surface area contributed by atoms with Gasteiger partial charge in [-0.25, -0.2) is 4.68 Å². The lowest BCUT2D eigenvalue weighted by molar-refractivity contribution is -0.126. The van der Waals surface area contributed by atoms with Crippen LogP contribution in [0.3, 0.4) is 0 Å². The Morgan fingerprint density at radius 2 is 2.22 bits per heavy atom. The number of carbonyl (C=O) groups excluding carboxylic acids is 1. The van der Waals surface area contributed by atoms with Gasteiger partial charge < -0.3 is 5.32 Å². The number of tetrazole rings is 1. The first-order valence-corrected chi connectivity index (χ1v) is 7.49. The number of nitrogens with one attached hydrogen (secondary N) is 1. The van der Waals surface area contributed by atoms with E-state index in [1.54, 1.807) is 0 Å². The van der Waals surface area contributed by atoms with Crippen LogP contribution in [0.25, 0.3) is 5.65 Å². The fraction of sp³-hybridized carbons (Fsp3) is 0.429. The molecule has 0 fully saturated rings. The molecule has 23 heavy (non-hydrogen) atoms. The van der Waals surface area contributed by atoms with E-state index in [4.69, 9.17) is 0 Å². The minimum atomic E-state index is -0.450. The average Bonchev–Trinajstić information content (AvgIpc) is 3.22. The number of fused-ring (bicyclic) bond motifs is 1. The van der Waals surface area contributed by atoms with Crippen LogP contribution in [-0.4, -0.2) is 40.7 Å². The lowest BCUT2D eigenvalue weighted by Gasteiger charge is -2.21. The first-order chi connectivity index (χ1) is 11.2. The second-order valence-corrected chi connectivity index (χ2v) is 5.38. The molecule has 1 amide bonds. The monoisotopic (exact) mass is 314 g/mol. The molecule has 0 aliphatic carbocycles. The summed E-state index contributed by atoms with van der Waals surface area (Å²) in [7, 11) is 0. The highest BCUT2D eigenvalue weighted by molar-refractivity contribution is 5.80. The first kappa shape index (κ1) is 15.1. The standard InChI is InChI=1S/C14H18N8O/c1-3-10(2)13(22-9-16-19-20-22)14(23)15-8-12-18-17-11-6-4-5-7-21(11)12/h4-7,9-10,13H,3,8H2,1-2H3,(H,15,23)/t10-,13-/m0/s1. The minimum absolute atomic E-state index is 0.105. The van der Waals surface area contributed by atoms with Crippen LogP contribution < -0.4 is 5.32 Å². The molecule has 0 bridgehead atoms. The number of aromatic nitrogens is 7. The van der Waals surface area contributed by atoms with Gasteiger partial charge in [0.2, 0.25) is 5.91 Å². The molecule has 3 aromatic heterocycles. The van der Waals surface area contributed by atoms with Crippen LogP contribution >= 0.6 is 0 Å². The van der Waals surface area contributed by atoms with E-state index in [9.17, 15) is 4.79 Å². The molecule has 0 radical (unpaired) electrons. The van der Waals surface area contributed by atoms with Crippen LogP contribution in [0.1, 0.15) is 32.1 Å². The van der Waals surface area contributed by atoms with Gasteiger partial charge in [-0.1, -0.05) is 26.3 Å². The van der Waals surface area contributed by atoms with Gasteiger partial charge in [0.05, 0.1) is 6.54 Å². The summed E-state index contributed by atoms with van der Waals surface area (Å²) >= 11 is 0. The molecule has 0 spiro atoms. The van der Waals surface area contributed by atoms with Gasteiger partial charge in [0.15, 0.2) is 11.5 Å². The van der Waals surface area contributed by atoms with Gasteiger partial charge in [-0.3, -0.25) is 9.20 Å². The summed E-state index contributed by atoms with van der Waals surface area (Å²) < 4.78 is 3.33. The summed E-state index contributed by atoms with van der Waals surface area (Å²) in [6, 6.07) is 5.20. The molecule has 3 rings (SSSR count). The molecule has 0 aliphatic heterocycles. The summed E-state index contributed by atoms with van der Waals surface area (Å²) in [6.07, 6.45) is 4.17. The van der Waals surface area contributed by atoms with Crippen molar-refractivity contribution in [1.82, 2.24) is 40.1 Å². The maximum atomic E-state index is 12.6. The summed E-state index contributed by atoms with van der Waals surface area (Å²) in [5.74, 6) is 0.640. The van der Waals surface area contributed by atoms with E-state index >= 15 is 0 Å². The second-order valence-electron chi connectivity index (χ2n) is 5.38. The van der Waals surface area contributed by atoms with Crippen molar-refractivity contribution in [3.8, 4) is 0 Å². The molecule has 0 saturated carbocycles. The van der Waals surface area contributed by atoms with Crippen LogP contribution in [0.15, 0.2) is 30.7 Å². The predicted octanol–water partition coefficient (Wildman–Crippen LogP) is 0.619. The Morgan fingerprint density at radius 1 is 1.35 bits per heavy atom. The van der Waals surface area contributed by atoms with Gasteiger partial charge in [0.1, 0.15) is 12.4 Å². The number of hydrogen-bond acceptors (Lipinski definition) is 6. The van der Waals surface area contributed by atoms with Crippen molar-refractivity contribution < 1.29 is 4.79 Å². The zero-order chi connectivity index (χ0) is 16.2. The molecular weight excluding hydrogens is 296 g/mol. The quantitative estimate of drug-likeness (QED) is 0.715. The van der Waals surface area contributed by atoms with Crippen LogP contribution in [0.4, 0.5) is 0 Å². The Kier molecular flexibility index (Phi) is 4.26. The smallest absolute Gasteiger partial charge is 0.245 e. The highest BCUT2D eigenvalue weighted by Gasteiger charge is 2.27. The molecule has 3 aromatic rings. The summed E-state index contributed by atoms with van der Waals surface area (Å²) in [5, 5.41) is 22.2. The molecule has 9 nitrogen and oxygen atoms in total. The van der Waals surface area contributed by atoms with Crippen molar-refractivity contribution in [2.75, 3.05) is 0 Å². The maximum Gasteiger partial charge on any atom is 0.245 e. The molecule has 3 heterocycles. The third-order valence-corrected chi connectivity index (χ3v) is 3.91. The third-order valence-electron chi connectivity index (χ3n) is 3.91. The molecule has 0 aromatic carbocycles. The van der Waals surface area contributed by atoms with E-state index in [2.05, 4.69) is 31.0 Å². The van der Waals surface area contributed by atoms with Crippen molar-refractivity contribution >= 4 is 11.6 Å². The Labute approximate surface area is 132 Å². The molecule has 1 N–H and O–H groups in total. The number of pyridine rings is 1. The normalized spacial score (nSPS) is 13.8. The SMILES string of the molecule is CC[C@H](C)[C@@H](C(=O)NCc1nnc2ccccn12)n1cnnn1. The van der Waals surface area contributed by atoms with Gasteiger partial charge in [-0.2, -0.15) is 0 Å². The topological polar surface area (TPSA) is 103 Å². The number of carbonyl (C=O) groups is 1.